The van der Waals surface area contributed by atoms with Crippen LogP contribution < -0.4 is 5.32 Å². The molecule has 20 heavy (non-hydrogen) atoms. The smallest absolute Gasteiger partial charge is 0.322 e. The summed E-state index contributed by atoms with van der Waals surface area (Å²) in [5, 5.41) is 3.30. The van der Waals surface area contributed by atoms with Crippen molar-refractivity contribution in [2.75, 3.05) is 40.3 Å². The van der Waals surface area contributed by atoms with Crippen LogP contribution in [0.5, 0.6) is 0 Å². The molecule has 0 spiro atoms. The fraction of sp³-hybridized carbons (Fsp3) is 0.933. The minimum absolute atomic E-state index is 0.154. The van der Waals surface area contributed by atoms with Gasteiger partial charge in [-0.05, 0) is 39.9 Å². The number of carbonyl (C=O) groups excluding carboxylic acids is 1. The number of hydrogen-bond acceptors (Lipinski definition) is 5. The molecular formula is C15H31N3O2. The Balaban J connectivity index is 2.50. The van der Waals surface area contributed by atoms with E-state index < -0.39 is 0 Å². The number of nitrogens with one attached hydrogen (secondary N) is 1. The van der Waals surface area contributed by atoms with Crippen LogP contribution in [0.4, 0.5) is 0 Å². The predicted octanol–water partition coefficient (Wildman–Crippen LogP) is 0.942. The molecule has 1 fully saturated rings. The molecule has 0 aromatic carbocycles. The molecule has 1 aliphatic rings. The van der Waals surface area contributed by atoms with Crippen molar-refractivity contribution < 1.29 is 9.53 Å². The second-order valence-electron chi connectivity index (χ2n) is 6.19. The molecule has 1 saturated heterocycles. The molecule has 0 radical (unpaired) electrons. The van der Waals surface area contributed by atoms with Crippen molar-refractivity contribution >= 4 is 5.97 Å². The summed E-state index contributed by atoms with van der Waals surface area (Å²) in [6.07, 6.45) is 2.00. The van der Waals surface area contributed by atoms with E-state index in [4.69, 9.17) is 4.74 Å². The minimum atomic E-state index is -0.201. The first-order valence-electron chi connectivity index (χ1n) is 7.70. The standard InChI is InChI=1S/C15H31N3O2/c1-12(2)16-14(15(19)20-5)7-10-18-9-6-8-17(4)11-13(18)3/h12-14,16H,6-11H2,1-5H3. The molecule has 1 heterocycles. The zero-order valence-corrected chi connectivity index (χ0v) is 13.7. The van der Waals surface area contributed by atoms with Crippen LogP contribution in [0.1, 0.15) is 33.6 Å². The summed E-state index contributed by atoms with van der Waals surface area (Å²) in [5.41, 5.74) is 0. The van der Waals surface area contributed by atoms with E-state index in [1.54, 1.807) is 0 Å². The Kier molecular flexibility index (Phi) is 7.48. The van der Waals surface area contributed by atoms with E-state index in [0.29, 0.717) is 6.04 Å². The van der Waals surface area contributed by atoms with Gasteiger partial charge in [0.2, 0.25) is 0 Å². The molecule has 5 heteroatoms. The van der Waals surface area contributed by atoms with Crippen LogP contribution in [0, 0.1) is 0 Å². The average molecular weight is 285 g/mol. The third-order valence-corrected chi connectivity index (χ3v) is 3.91. The van der Waals surface area contributed by atoms with Gasteiger partial charge in [0.15, 0.2) is 0 Å². The first kappa shape index (κ1) is 17.4. The topological polar surface area (TPSA) is 44.8 Å². The number of ether oxygens (including phenoxy) is 1. The third-order valence-electron chi connectivity index (χ3n) is 3.91. The first-order chi connectivity index (χ1) is 9.43. The number of carbonyl (C=O) groups is 1. The van der Waals surface area contributed by atoms with Crippen LogP contribution in [-0.2, 0) is 9.53 Å². The highest BCUT2D eigenvalue weighted by molar-refractivity contribution is 5.75. The highest BCUT2D eigenvalue weighted by atomic mass is 16.5. The van der Waals surface area contributed by atoms with Gasteiger partial charge in [0, 0.05) is 25.2 Å². The summed E-state index contributed by atoms with van der Waals surface area (Å²) in [6, 6.07) is 0.625. The van der Waals surface area contributed by atoms with Gasteiger partial charge in [0.05, 0.1) is 7.11 Å². The van der Waals surface area contributed by atoms with Gasteiger partial charge in [-0.25, -0.2) is 0 Å². The number of hydrogen-bond donors (Lipinski definition) is 1. The number of esters is 1. The van der Waals surface area contributed by atoms with Gasteiger partial charge in [-0.2, -0.15) is 0 Å². The molecular weight excluding hydrogens is 254 g/mol. The lowest BCUT2D eigenvalue weighted by molar-refractivity contribution is -0.143. The van der Waals surface area contributed by atoms with Gasteiger partial charge in [0.25, 0.3) is 0 Å². The summed E-state index contributed by atoms with van der Waals surface area (Å²) < 4.78 is 4.89. The monoisotopic (exact) mass is 285 g/mol. The molecule has 1 N–H and O–H groups in total. The Hall–Kier alpha value is -0.650. The van der Waals surface area contributed by atoms with E-state index in [0.717, 1.165) is 32.6 Å². The molecule has 2 unspecified atom stereocenters. The quantitative estimate of drug-likeness (QED) is 0.736. The summed E-state index contributed by atoms with van der Waals surface area (Å²) in [7, 11) is 3.64. The third kappa shape index (κ3) is 5.77. The van der Waals surface area contributed by atoms with Gasteiger partial charge in [-0.1, -0.05) is 13.8 Å². The molecule has 0 bridgehead atoms. The van der Waals surface area contributed by atoms with Crippen LogP contribution in [-0.4, -0.2) is 74.2 Å². The second-order valence-corrected chi connectivity index (χ2v) is 6.19. The zero-order chi connectivity index (χ0) is 15.1. The van der Waals surface area contributed by atoms with E-state index in [2.05, 4.69) is 42.9 Å². The van der Waals surface area contributed by atoms with Crippen molar-refractivity contribution in [1.82, 2.24) is 15.1 Å². The second kappa shape index (κ2) is 8.60. The Bertz CT molecular complexity index is 297. The number of nitrogens with zero attached hydrogens (tertiary/aromatic N) is 2. The lowest BCUT2D eigenvalue weighted by Gasteiger charge is -2.29. The number of methoxy groups -OCH3 is 1. The molecule has 118 valence electrons. The lowest BCUT2D eigenvalue weighted by atomic mass is 10.1. The van der Waals surface area contributed by atoms with E-state index >= 15 is 0 Å². The van der Waals surface area contributed by atoms with Crippen molar-refractivity contribution in [2.45, 2.75) is 51.7 Å². The molecule has 0 saturated carbocycles. The highest BCUT2D eigenvalue weighted by Crippen LogP contribution is 2.10. The molecule has 2 atom stereocenters. The van der Waals surface area contributed by atoms with Crippen LogP contribution in [0.2, 0.25) is 0 Å². The largest absolute Gasteiger partial charge is 0.468 e. The van der Waals surface area contributed by atoms with Crippen molar-refractivity contribution in [3.63, 3.8) is 0 Å². The molecule has 0 aliphatic carbocycles. The molecule has 0 aromatic heterocycles. The van der Waals surface area contributed by atoms with E-state index in [1.807, 2.05) is 0 Å². The number of rotatable bonds is 6. The van der Waals surface area contributed by atoms with Crippen molar-refractivity contribution in [3.05, 3.63) is 0 Å². The molecule has 1 rings (SSSR count). The summed E-state index contributed by atoms with van der Waals surface area (Å²) >= 11 is 0. The van der Waals surface area contributed by atoms with Crippen LogP contribution in [0.3, 0.4) is 0 Å². The maximum Gasteiger partial charge on any atom is 0.322 e. The summed E-state index contributed by atoms with van der Waals surface area (Å²) in [6.45, 7) is 10.7. The number of likely N-dealkylation sites (N-methyl/N-ethyl adjacent to an activating group) is 1. The SMILES string of the molecule is COC(=O)C(CCN1CCCN(C)CC1C)NC(C)C. The fourth-order valence-corrected chi connectivity index (χ4v) is 2.86. The molecule has 5 nitrogen and oxygen atoms in total. The van der Waals surface area contributed by atoms with Gasteiger partial charge in [0.1, 0.15) is 6.04 Å². The van der Waals surface area contributed by atoms with Gasteiger partial charge < -0.3 is 15.0 Å². The first-order valence-corrected chi connectivity index (χ1v) is 7.70. The normalized spacial score (nSPS) is 23.6. The van der Waals surface area contributed by atoms with Crippen molar-refractivity contribution in [2.24, 2.45) is 0 Å². The van der Waals surface area contributed by atoms with Crippen molar-refractivity contribution in [1.29, 1.82) is 0 Å². The van der Waals surface area contributed by atoms with E-state index in [9.17, 15) is 4.79 Å². The van der Waals surface area contributed by atoms with Gasteiger partial charge in [-0.15, -0.1) is 0 Å². The summed E-state index contributed by atoms with van der Waals surface area (Å²) in [5.74, 6) is -0.154. The Morgan fingerprint density at radius 1 is 1.40 bits per heavy atom. The molecule has 0 aromatic rings. The van der Waals surface area contributed by atoms with Gasteiger partial charge in [-0.3, -0.25) is 9.69 Å². The Morgan fingerprint density at radius 3 is 2.70 bits per heavy atom. The highest BCUT2D eigenvalue weighted by Gasteiger charge is 2.24. The zero-order valence-electron chi connectivity index (χ0n) is 13.7. The van der Waals surface area contributed by atoms with E-state index in [-0.39, 0.29) is 18.1 Å². The Morgan fingerprint density at radius 2 is 2.10 bits per heavy atom. The lowest BCUT2D eigenvalue weighted by Crippen LogP contribution is -2.45. The van der Waals surface area contributed by atoms with E-state index in [1.165, 1.54) is 13.5 Å². The minimum Gasteiger partial charge on any atom is -0.468 e. The maximum atomic E-state index is 11.8. The summed E-state index contributed by atoms with van der Waals surface area (Å²) in [4.78, 5) is 16.7. The maximum absolute atomic E-state index is 11.8. The van der Waals surface area contributed by atoms with Crippen molar-refractivity contribution in [3.8, 4) is 0 Å². The molecule has 0 amide bonds. The van der Waals surface area contributed by atoms with Crippen LogP contribution in [0.15, 0.2) is 0 Å². The predicted molar refractivity (Wildman–Crippen MR) is 81.8 cm³/mol. The van der Waals surface area contributed by atoms with Gasteiger partial charge >= 0.3 is 5.97 Å². The molecule has 1 aliphatic heterocycles. The van der Waals surface area contributed by atoms with Crippen LogP contribution in [0.25, 0.3) is 0 Å². The Labute approximate surface area is 123 Å². The van der Waals surface area contributed by atoms with Crippen LogP contribution >= 0.6 is 0 Å². The average Bonchev–Trinajstić information content (AvgIpc) is 2.54. The fourth-order valence-electron chi connectivity index (χ4n) is 2.86.